The van der Waals surface area contributed by atoms with Crippen LogP contribution in [0.2, 0.25) is 0 Å². The van der Waals surface area contributed by atoms with Crippen molar-refractivity contribution >= 4 is 17.0 Å². The van der Waals surface area contributed by atoms with Crippen LogP contribution in [0.25, 0.3) is 11.2 Å². The first kappa shape index (κ1) is 8.51. The van der Waals surface area contributed by atoms with Crippen molar-refractivity contribution in [3.63, 3.8) is 0 Å². The van der Waals surface area contributed by atoms with E-state index in [9.17, 15) is 0 Å². The molecule has 5 heteroatoms. The Balaban J connectivity index is 2.79. The first-order chi connectivity index (χ1) is 6.72. The Morgan fingerprint density at radius 1 is 1.43 bits per heavy atom. The summed E-state index contributed by atoms with van der Waals surface area (Å²) in [5.74, 6) is 6.29. The Bertz CT molecular complexity index is 543. The monoisotopic (exact) mass is 187 g/mol. The average molecular weight is 187 g/mol. The number of nitrogens with zero attached hydrogens (tertiary/aromatic N) is 4. The molecule has 0 saturated heterocycles. The maximum atomic E-state index is 5.71. The van der Waals surface area contributed by atoms with E-state index in [1.54, 1.807) is 17.8 Å². The van der Waals surface area contributed by atoms with Gasteiger partial charge in [0.15, 0.2) is 11.5 Å². The number of hydrogen-bond acceptors (Lipinski definition) is 4. The van der Waals surface area contributed by atoms with Gasteiger partial charge in [0.05, 0.1) is 6.33 Å². The van der Waals surface area contributed by atoms with Gasteiger partial charge in [0, 0.05) is 7.05 Å². The molecule has 0 spiro atoms. The van der Waals surface area contributed by atoms with Crippen molar-refractivity contribution in [1.82, 2.24) is 19.5 Å². The van der Waals surface area contributed by atoms with Gasteiger partial charge >= 0.3 is 0 Å². The zero-order chi connectivity index (χ0) is 10.1. The minimum Gasteiger partial charge on any atom is -0.382 e. The number of fused-ring (bicyclic) bond motifs is 1. The predicted molar refractivity (Wildman–Crippen MR) is 53.3 cm³/mol. The lowest BCUT2D eigenvalue weighted by atomic mass is 10.4. The van der Waals surface area contributed by atoms with Gasteiger partial charge < -0.3 is 10.3 Å². The van der Waals surface area contributed by atoms with E-state index >= 15 is 0 Å². The van der Waals surface area contributed by atoms with Crippen LogP contribution >= 0.6 is 0 Å². The first-order valence-corrected chi connectivity index (χ1v) is 4.09. The maximum absolute atomic E-state index is 5.71. The van der Waals surface area contributed by atoms with Gasteiger partial charge in [-0.05, 0) is 12.8 Å². The zero-order valence-electron chi connectivity index (χ0n) is 7.94. The topological polar surface area (TPSA) is 69.6 Å². The Kier molecular flexibility index (Phi) is 1.82. The van der Waals surface area contributed by atoms with Gasteiger partial charge in [-0.3, -0.25) is 0 Å². The molecule has 5 nitrogen and oxygen atoms in total. The summed E-state index contributed by atoms with van der Waals surface area (Å²) in [4.78, 5) is 12.3. The molecule has 0 aliphatic heterocycles. The molecule has 2 aromatic rings. The number of nitrogens with two attached hydrogens (primary N) is 1. The van der Waals surface area contributed by atoms with Crippen LogP contribution in [0.4, 0.5) is 5.82 Å². The number of aromatic nitrogens is 4. The fourth-order valence-electron chi connectivity index (χ4n) is 1.20. The van der Waals surface area contributed by atoms with Gasteiger partial charge in [0.1, 0.15) is 5.52 Å². The van der Waals surface area contributed by atoms with Gasteiger partial charge in [0.2, 0.25) is 5.82 Å². The second-order valence-corrected chi connectivity index (χ2v) is 2.84. The SMILES string of the molecule is CC#Cc1nc(N)c2ncn(C)c2n1. The molecule has 0 radical (unpaired) electrons. The lowest BCUT2D eigenvalue weighted by molar-refractivity contribution is 0.926. The molecule has 2 rings (SSSR count). The molecule has 2 aromatic heterocycles. The van der Waals surface area contributed by atoms with E-state index in [0.717, 1.165) is 0 Å². The van der Waals surface area contributed by atoms with Crippen molar-refractivity contribution in [3.8, 4) is 11.8 Å². The highest BCUT2D eigenvalue weighted by molar-refractivity contribution is 5.81. The molecule has 0 fully saturated rings. The molecular weight excluding hydrogens is 178 g/mol. The van der Waals surface area contributed by atoms with Gasteiger partial charge in [-0.2, -0.15) is 0 Å². The van der Waals surface area contributed by atoms with Crippen molar-refractivity contribution in [2.45, 2.75) is 6.92 Å². The van der Waals surface area contributed by atoms with Crippen LogP contribution in [0, 0.1) is 11.8 Å². The van der Waals surface area contributed by atoms with E-state index in [4.69, 9.17) is 5.73 Å². The van der Waals surface area contributed by atoms with Crippen molar-refractivity contribution in [2.75, 3.05) is 5.73 Å². The van der Waals surface area contributed by atoms with Crippen LogP contribution < -0.4 is 5.73 Å². The summed E-state index contributed by atoms with van der Waals surface area (Å²) in [7, 11) is 1.85. The molecular formula is C9H9N5. The predicted octanol–water partition coefficient (Wildman–Crippen LogP) is 0.317. The fraction of sp³-hybridized carbons (Fsp3) is 0.222. The lowest BCUT2D eigenvalue weighted by Gasteiger charge is -1.96. The minimum atomic E-state index is 0.369. The first-order valence-electron chi connectivity index (χ1n) is 4.09. The smallest absolute Gasteiger partial charge is 0.208 e. The molecule has 0 unspecified atom stereocenters. The van der Waals surface area contributed by atoms with E-state index in [1.807, 2.05) is 7.05 Å². The largest absolute Gasteiger partial charge is 0.382 e. The number of aryl methyl sites for hydroxylation is 1. The van der Waals surface area contributed by atoms with Crippen LogP contribution in [-0.2, 0) is 7.05 Å². The van der Waals surface area contributed by atoms with Gasteiger partial charge in [-0.25, -0.2) is 15.0 Å². The third-order valence-corrected chi connectivity index (χ3v) is 1.82. The molecule has 0 aliphatic rings. The number of hydrogen-bond donors (Lipinski definition) is 1. The summed E-state index contributed by atoms with van der Waals surface area (Å²) < 4.78 is 1.79. The Morgan fingerprint density at radius 3 is 2.93 bits per heavy atom. The standard InChI is InChI=1S/C9H9N5/c1-3-4-6-12-8(10)7-9(13-6)14(2)5-11-7/h5H,1-2H3,(H2,10,12,13). The maximum Gasteiger partial charge on any atom is 0.208 e. The Hall–Kier alpha value is -2.09. The summed E-state index contributed by atoms with van der Waals surface area (Å²) in [5.41, 5.74) is 7.03. The van der Waals surface area contributed by atoms with Crippen LogP contribution in [-0.4, -0.2) is 19.5 Å². The van der Waals surface area contributed by atoms with Crippen LogP contribution in [0.5, 0.6) is 0 Å². The van der Waals surface area contributed by atoms with Crippen molar-refractivity contribution in [3.05, 3.63) is 12.2 Å². The number of imidazole rings is 1. The molecule has 0 aromatic carbocycles. The molecule has 0 bridgehead atoms. The minimum absolute atomic E-state index is 0.369. The third kappa shape index (κ3) is 1.17. The molecule has 0 atom stereocenters. The van der Waals surface area contributed by atoms with E-state index in [1.165, 1.54) is 0 Å². The normalized spacial score (nSPS) is 9.86. The zero-order valence-corrected chi connectivity index (χ0v) is 7.94. The highest BCUT2D eigenvalue weighted by Crippen LogP contribution is 2.14. The van der Waals surface area contributed by atoms with E-state index in [0.29, 0.717) is 22.8 Å². The lowest BCUT2D eigenvalue weighted by Crippen LogP contribution is -1.99. The molecule has 0 saturated carbocycles. The van der Waals surface area contributed by atoms with Crippen molar-refractivity contribution in [1.29, 1.82) is 0 Å². The summed E-state index contributed by atoms with van der Waals surface area (Å²) in [6.45, 7) is 1.73. The fourth-order valence-corrected chi connectivity index (χ4v) is 1.20. The summed E-state index contributed by atoms with van der Waals surface area (Å²) in [5, 5.41) is 0. The third-order valence-electron chi connectivity index (χ3n) is 1.82. The molecule has 2 heterocycles. The molecule has 14 heavy (non-hydrogen) atoms. The summed E-state index contributed by atoms with van der Waals surface area (Å²) in [6, 6.07) is 0. The highest BCUT2D eigenvalue weighted by atomic mass is 15.1. The van der Waals surface area contributed by atoms with Crippen LogP contribution in [0.1, 0.15) is 12.7 Å². The van der Waals surface area contributed by atoms with Crippen molar-refractivity contribution < 1.29 is 0 Å². The number of nitrogen functional groups attached to an aromatic ring is 1. The second-order valence-electron chi connectivity index (χ2n) is 2.84. The Labute approximate surface area is 81.0 Å². The number of anilines is 1. The van der Waals surface area contributed by atoms with E-state index in [-0.39, 0.29) is 0 Å². The Morgan fingerprint density at radius 2 is 2.21 bits per heavy atom. The highest BCUT2D eigenvalue weighted by Gasteiger charge is 2.07. The molecule has 2 N–H and O–H groups in total. The molecule has 70 valence electrons. The van der Waals surface area contributed by atoms with Crippen molar-refractivity contribution in [2.24, 2.45) is 7.05 Å². The summed E-state index contributed by atoms with van der Waals surface area (Å²) >= 11 is 0. The van der Waals surface area contributed by atoms with Gasteiger partial charge in [-0.15, -0.1) is 0 Å². The molecule has 0 aliphatic carbocycles. The van der Waals surface area contributed by atoms with Gasteiger partial charge in [0.25, 0.3) is 0 Å². The second kappa shape index (κ2) is 3.00. The van der Waals surface area contributed by atoms with E-state index in [2.05, 4.69) is 26.8 Å². The quantitative estimate of drug-likeness (QED) is 0.603. The average Bonchev–Trinajstić information content (AvgIpc) is 2.49. The van der Waals surface area contributed by atoms with Crippen LogP contribution in [0.3, 0.4) is 0 Å². The summed E-state index contributed by atoms with van der Waals surface area (Å²) in [6.07, 6.45) is 1.65. The molecule has 0 amide bonds. The van der Waals surface area contributed by atoms with Gasteiger partial charge in [-0.1, -0.05) is 5.92 Å². The number of rotatable bonds is 0. The van der Waals surface area contributed by atoms with Crippen LogP contribution in [0.15, 0.2) is 6.33 Å². The van der Waals surface area contributed by atoms with E-state index < -0.39 is 0 Å².